The summed E-state index contributed by atoms with van der Waals surface area (Å²) in [5.74, 6) is -2.07. The van der Waals surface area contributed by atoms with E-state index in [4.69, 9.17) is 10.8 Å². The van der Waals surface area contributed by atoms with Crippen LogP contribution in [0.2, 0.25) is 0 Å². The highest BCUT2D eigenvalue weighted by Crippen LogP contribution is 2.24. The maximum absolute atomic E-state index is 12.0. The lowest BCUT2D eigenvalue weighted by Crippen LogP contribution is -2.48. The van der Waals surface area contributed by atoms with E-state index in [0.29, 0.717) is 13.0 Å². The van der Waals surface area contributed by atoms with Crippen molar-refractivity contribution in [2.24, 2.45) is 17.6 Å². The summed E-state index contributed by atoms with van der Waals surface area (Å²) < 4.78 is 0. The second kappa shape index (κ2) is 6.69. The molecule has 3 atom stereocenters. The third-order valence-electron chi connectivity index (χ3n) is 3.83. The second-order valence-corrected chi connectivity index (χ2v) is 5.55. The molecule has 0 bridgehead atoms. The molecule has 0 aliphatic carbocycles. The summed E-state index contributed by atoms with van der Waals surface area (Å²) in [5.41, 5.74) is 5.67. The highest BCUT2D eigenvalue weighted by molar-refractivity contribution is 5.88. The number of carbonyl (C=O) groups is 3. The van der Waals surface area contributed by atoms with E-state index < -0.39 is 17.9 Å². The number of hydrogen-bond acceptors (Lipinski definition) is 4. The minimum Gasteiger partial charge on any atom is -0.481 e. The number of likely N-dealkylation sites (tertiary alicyclic amines) is 1. The Morgan fingerprint density at radius 3 is 2.45 bits per heavy atom. The molecule has 1 rings (SSSR count). The molecule has 4 N–H and O–H groups in total. The molecule has 0 radical (unpaired) electrons. The van der Waals surface area contributed by atoms with E-state index in [9.17, 15) is 14.4 Å². The molecule has 7 nitrogen and oxygen atoms in total. The van der Waals surface area contributed by atoms with E-state index >= 15 is 0 Å². The summed E-state index contributed by atoms with van der Waals surface area (Å²) in [7, 11) is 0. The van der Waals surface area contributed by atoms with Gasteiger partial charge in [0.05, 0.1) is 18.5 Å². The molecule has 2 unspecified atom stereocenters. The average molecular weight is 285 g/mol. The predicted molar refractivity (Wildman–Crippen MR) is 72.7 cm³/mol. The van der Waals surface area contributed by atoms with Crippen LogP contribution in [-0.4, -0.2) is 53.0 Å². The lowest BCUT2D eigenvalue weighted by Gasteiger charge is -2.24. The molecule has 114 valence electrons. The summed E-state index contributed by atoms with van der Waals surface area (Å²) in [6.45, 7) is 5.63. The Balaban J connectivity index is 2.48. The van der Waals surface area contributed by atoms with Gasteiger partial charge >= 0.3 is 5.97 Å². The molecule has 0 spiro atoms. The van der Waals surface area contributed by atoms with Crippen LogP contribution < -0.4 is 11.1 Å². The van der Waals surface area contributed by atoms with Crippen molar-refractivity contribution in [1.82, 2.24) is 10.2 Å². The number of carboxylic acid groups (broad SMARTS) is 1. The summed E-state index contributed by atoms with van der Waals surface area (Å²) in [5, 5.41) is 11.5. The van der Waals surface area contributed by atoms with Crippen LogP contribution >= 0.6 is 0 Å². The van der Waals surface area contributed by atoms with Crippen molar-refractivity contribution >= 4 is 17.8 Å². The summed E-state index contributed by atoms with van der Waals surface area (Å²) >= 11 is 0. The van der Waals surface area contributed by atoms with Crippen molar-refractivity contribution in [2.45, 2.75) is 39.3 Å². The Labute approximate surface area is 118 Å². The van der Waals surface area contributed by atoms with E-state index in [-0.39, 0.29) is 30.3 Å². The highest BCUT2D eigenvalue weighted by atomic mass is 16.4. The standard InChI is InChI=1S/C13H23N3O4/c1-7(2)11(14)12(18)15-6-10(17)16-5-4-9(8(16)3)13(19)20/h7-9,11H,4-6,14H2,1-3H3,(H,15,18)(H,19,20)/t8?,9?,11-/m0/s1. The molecule has 1 heterocycles. The summed E-state index contributed by atoms with van der Waals surface area (Å²) in [6, 6.07) is -0.999. The summed E-state index contributed by atoms with van der Waals surface area (Å²) in [4.78, 5) is 36.1. The normalized spacial score (nSPS) is 23.8. The van der Waals surface area contributed by atoms with Gasteiger partial charge in [0, 0.05) is 12.6 Å². The van der Waals surface area contributed by atoms with Crippen molar-refractivity contribution < 1.29 is 19.5 Å². The highest BCUT2D eigenvalue weighted by Gasteiger charge is 2.37. The van der Waals surface area contributed by atoms with Crippen LogP contribution in [0.4, 0.5) is 0 Å². The quantitative estimate of drug-likeness (QED) is 0.625. The van der Waals surface area contributed by atoms with Crippen molar-refractivity contribution in [3.8, 4) is 0 Å². The Morgan fingerprint density at radius 1 is 1.40 bits per heavy atom. The number of hydrogen-bond donors (Lipinski definition) is 3. The van der Waals surface area contributed by atoms with E-state index in [2.05, 4.69) is 5.32 Å². The van der Waals surface area contributed by atoms with Crippen LogP contribution in [0.3, 0.4) is 0 Å². The zero-order chi connectivity index (χ0) is 15.4. The van der Waals surface area contributed by atoms with Crippen molar-refractivity contribution in [1.29, 1.82) is 0 Å². The van der Waals surface area contributed by atoms with Gasteiger partial charge in [-0.1, -0.05) is 13.8 Å². The van der Waals surface area contributed by atoms with Crippen LogP contribution in [0.1, 0.15) is 27.2 Å². The zero-order valence-electron chi connectivity index (χ0n) is 12.1. The fourth-order valence-corrected chi connectivity index (χ4v) is 2.31. The molecular formula is C13H23N3O4. The Kier molecular flexibility index (Phi) is 5.50. The molecule has 1 aliphatic rings. The number of carbonyl (C=O) groups excluding carboxylic acids is 2. The van der Waals surface area contributed by atoms with Gasteiger partial charge in [-0.05, 0) is 19.3 Å². The van der Waals surface area contributed by atoms with Gasteiger partial charge in [0.15, 0.2) is 0 Å². The van der Waals surface area contributed by atoms with E-state index in [1.807, 2.05) is 13.8 Å². The predicted octanol–water partition coefficient (Wildman–Crippen LogP) is -0.592. The van der Waals surface area contributed by atoms with Gasteiger partial charge in [-0.15, -0.1) is 0 Å². The first kappa shape index (κ1) is 16.4. The maximum atomic E-state index is 12.0. The molecular weight excluding hydrogens is 262 g/mol. The zero-order valence-corrected chi connectivity index (χ0v) is 12.1. The topological polar surface area (TPSA) is 113 Å². The molecule has 1 saturated heterocycles. The Morgan fingerprint density at radius 2 is 2.00 bits per heavy atom. The average Bonchev–Trinajstić information content (AvgIpc) is 2.76. The number of carboxylic acids is 1. The first-order valence-electron chi connectivity index (χ1n) is 6.81. The van der Waals surface area contributed by atoms with Gasteiger partial charge < -0.3 is 21.1 Å². The number of aliphatic carboxylic acids is 1. The van der Waals surface area contributed by atoms with Crippen LogP contribution in [0.5, 0.6) is 0 Å². The van der Waals surface area contributed by atoms with Crippen LogP contribution in [0, 0.1) is 11.8 Å². The Bertz CT molecular complexity index is 397. The first-order valence-corrected chi connectivity index (χ1v) is 6.81. The number of nitrogens with zero attached hydrogens (tertiary/aromatic N) is 1. The fourth-order valence-electron chi connectivity index (χ4n) is 2.31. The SMILES string of the molecule is CC(C)[C@H](N)C(=O)NCC(=O)N1CCC(C(=O)O)C1C. The first-order chi connectivity index (χ1) is 9.25. The van der Waals surface area contributed by atoms with Gasteiger partial charge in [0.25, 0.3) is 0 Å². The number of amides is 2. The van der Waals surface area contributed by atoms with E-state index in [1.165, 1.54) is 4.90 Å². The number of nitrogens with one attached hydrogen (secondary N) is 1. The lowest BCUT2D eigenvalue weighted by atomic mass is 10.0. The minimum absolute atomic E-state index is 0.00722. The molecule has 20 heavy (non-hydrogen) atoms. The van der Waals surface area contributed by atoms with Gasteiger partial charge in [0.1, 0.15) is 0 Å². The van der Waals surface area contributed by atoms with Crippen molar-refractivity contribution in [2.75, 3.05) is 13.1 Å². The number of rotatable bonds is 5. The Hall–Kier alpha value is -1.63. The largest absolute Gasteiger partial charge is 0.481 e. The van der Waals surface area contributed by atoms with Crippen LogP contribution in [0.25, 0.3) is 0 Å². The molecule has 0 aromatic carbocycles. The van der Waals surface area contributed by atoms with Crippen LogP contribution in [0.15, 0.2) is 0 Å². The van der Waals surface area contributed by atoms with E-state index in [1.54, 1.807) is 6.92 Å². The van der Waals surface area contributed by atoms with E-state index in [0.717, 1.165) is 0 Å². The van der Waals surface area contributed by atoms with Crippen molar-refractivity contribution in [3.05, 3.63) is 0 Å². The second-order valence-electron chi connectivity index (χ2n) is 5.55. The molecule has 0 aromatic rings. The molecule has 2 amide bonds. The smallest absolute Gasteiger partial charge is 0.308 e. The van der Waals surface area contributed by atoms with Crippen molar-refractivity contribution in [3.63, 3.8) is 0 Å². The molecule has 1 fully saturated rings. The van der Waals surface area contributed by atoms with Gasteiger partial charge in [0.2, 0.25) is 11.8 Å². The van der Waals surface area contributed by atoms with Gasteiger partial charge in [-0.3, -0.25) is 14.4 Å². The fraction of sp³-hybridized carbons (Fsp3) is 0.769. The van der Waals surface area contributed by atoms with Gasteiger partial charge in [-0.25, -0.2) is 0 Å². The number of nitrogens with two attached hydrogens (primary N) is 1. The molecule has 7 heteroatoms. The minimum atomic E-state index is -0.890. The van der Waals surface area contributed by atoms with Crippen LogP contribution in [-0.2, 0) is 14.4 Å². The third kappa shape index (κ3) is 3.69. The lowest BCUT2D eigenvalue weighted by molar-refractivity contribution is -0.143. The molecule has 0 saturated carbocycles. The molecule has 1 aliphatic heterocycles. The molecule has 0 aromatic heterocycles. The summed E-state index contributed by atoms with van der Waals surface area (Å²) in [6.07, 6.45) is 0.446. The monoisotopic (exact) mass is 285 g/mol. The third-order valence-corrected chi connectivity index (χ3v) is 3.83. The maximum Gasteiger partial charge on any atom is 0.308 e. The van der Waals surface area contributed by atoms with Gasteiger partial charge in [-0.2, -0.15) is 0 Å².